The number of carbonyl (C=O) groups is 2. The molecule has 1 saturated heterocycles. The molecule has 1 unspecified atom stereocenters. The molecule has 0 radical (unpaired) electrons. The van der Waals surface area contributed by atoms with E-state index >= 15 is 0 Å². The van der Waals surface area contributed by atoms with E-state index in [0.717, 1.165) is 5.69 Å². The summed E-state index contributed by atoms with van der Waals surface area (Å²) in [6, 6.07) is 6.42. The second-order valence-electron chi connectivity index (χ2n) is 7.61. The summed E-state index contributed by atoms with van der Waals surface area (Å²) in [5.74, 6) is 0.140. The molecule has 1 aromatic heterocycles. The number of nitrogens with one attached hydrogen (secondary N) is 2. The highest BCUT2D eigenvalue weighted by atomic mass is 32.2. The summed E-state index contributed by atoms with van der Waals surface area (Å²) in [6.07, 6.45) is 0.495. The minimum absolute atomic E-state index is 0.0367. The van der Waals surface area contributed by atoms with Crippen LogP contribution in [-0.2, 0) is 14.6 Å². The van der Waals surface area contributed by atoms with Crippen LogP contribution in [0.3, 0.4) is 0 Å². The predicted molar refractivity (Wildman–Crippen MR) is 107 cm³/mol. The Morgan fingerprint density at radius 1 is 1.34 bits per heavy atom. The Morgan fingerprint density at radius 3 is 2.83 bits per heavy atom. The molecule has 10 heteroatoms. The zero-order chi connectivity index (χ0) is 20.8. The maximum absolute atomic E-state index is 12.8. The third kappa shape index (κ3) is 3.98. The number of hydrogen-bond acceptors (Lipinski definition) is 6. The maximum atomic E-state index is 12.8. The largest absolute Gasteiger partial charge is 0.482 e. The summed E-state index contributed by atoms with van der Waals surface area (Å²) < 4.78 is 30.7. The summed E-state index contributed by atoms with van der Waals surface area (Å²) in [7, 11) is -3.07. The number of rotatable bonds is 4. The number of nitrogens with zero attached hydrogens (tertiary/aromatic N) is 2. The number of hydrogen-bond donors (Lipinski definition) is 2. The lowest BCUT2D eigenvalue weighted by Gasteiger charge is -2.18. The van der Waals surface area contributed by atoms with E-state index in [2.05, 4.69) is 15.7 Å². The van der Waals surface area contributed by atoms with Gasteiger partial charge in [0, 0.05) is 11.4 Å². The number of benzene rings is 1. The van der Waals surface area contributed by atoms with Gasteiger partial charge in [0.05, 0.1) is 23.2 Å². The highest BCUT2D eigenvalue weighted by Crippen LogP contribution is 2.31. The Bertz CT molecular complexity index is 1090. The minimum Gasteiger partial charge on any atom is -0.482 e. The highest BCUT2D eigenvalue weighted by molar-refractivity contribution is 7.91. The van der Waals surface area contributed by atoms with E-state index in [1.54, 1.807) is 28.9 Å². The minimum atomic E-state index is -3.07. The fourth-order valence-electron chi connectivity index (χ4n) is 3.57. The van der Waals surface area contributed by atoms with E-state index in [1.165, 1.54) is 0 Å². The van der Waals surface area contributed by atoms with Crippen LogP contribution in [0.25, 0.3) is 0 Å². The number of aromatic nitrogens is 2. The van der Waals surface area contributed by atoms with Crippen LogP contribution in [0.5, 0.6) is 5.75 Å². The number of ether oxygens (including phenoxy) is 1. The summed E-state index contributed by atoms with van der Waals surface area (Å²) in [4.78, 5) is 24.2. The quantitative estimate of drug-likeness (QED) is 0.783. The van der Waals surface area contributed by atoms with Gasteiger partial charge in [0.1, 0.15) is 5.75 Å². The van der Waals surface area contributed by atoms with Gasteiger partial charge in [-0.05, 0) is 36.6 Å². The molecule has 154 valence electrons. The molecule has 3 heterocycles. The number of fused-ring (bicyclic) bond motifs is 1. The third-order valence-electron chi connectivity index (χ3n) is 5.01. The zero-order valence-corrected chi connectivity index (χ0v) is 17.0. The van der Waals surface area contributed by atoms with Crippen molar-refractivity contribution in [1.29, 1.82) is 0 Å². The molecule has 1 aromatic carbocycles. The monoisotopic (exact) mass is 418 g/mol. The second-order valence-corrected chi connectivity index (χ2v) is 9.84. The van der Waals surface area contributed by atoms with Crippen molar-refractivity contribution in [2.24, 2.45) is 0 Å². The fraction of sp³-hybridized carbons (Fsp3) is 0.421. The van der Waals surface area contributed by atoms with Crippen molar-refractivity contribution in [1.82, 2.24) is 9.78 Å². The van der Waals surface area contributed by atoms with E-state index in [-0.39, 0.29) is 41.7 Å². The zero-order valence-electron chi connectivity index (χ0n) is 16.1. The molecule has 0 saturated carbocycles. The van der Waals surface area contributed by atoms with E-state index in [0.29, 0.717) is 23.5 Å². The Morgan fingerprint density at radius 2 is 2.14 bits per heavy atom. The predicted octanol–water partition coefficient (Wildman–Crippen LogP) is 1.95. The van der Waals surface area contributed by atoms with Gasteiger partial charge in [-0.1, -0.05) is 13.8 Å². The molecule has 2 aliphatic heterocycles. The van der Waals surface area contributed by atoms with Crippen LogP contribution in [0.15, 0.2) is 24.3 Å². The van der Waals surface area contributed by atoms with Gasteiger partial charge in [-0.3, -0.25) is 14.3 Å². The van der Waals surface area contributed by atoms with Crippen LogP contribution in [0, 0.1) is 0 Å². The number of amides is 2. The molecule has 0 aliphatic carbocycles. The van der Waals surface area contributed by atoms with Crippen LogP contribution in [0.2, 0.25) is 0 Å². The van der Waals surface area contributed by atoms with Crippen LogP contribution in [0.4, 0.5) is 11.4 Å². The SMILES string of the molecule is CC(C)c1cc(C(=O)Nc2ccc3c(c2)NC(=O)CO3)nn1C1CCS(=O)(=O)C1. The van der Waals surface area contributed by atoms with Gasteiger partial charge in [-0.2, -0.15) is 5.10 Å². The van der Waals surface area contributed by atoms with Crippen molar-refractivity contribution >= 4 is 33.0 Å². The van der Waals surface area contributed by atoms with Gasteiger partial charge in [-0.25, -0.2) is 8.42 Å². The summed E-state index contributed by atoms with van der Waals surface area (Å²) in [6.45, 7) is 3.92. The molecular formula is C19H22N4O5S. The molecule has 2 N–H and O–H groups in total. The Hall–Kier alpha value is -2.88. The van der Waals surface area contributed by atoms with E-state index in [4.69, 9.17) is 4.74 Å². The summed E-state index contributed by atoms with van der Waals surface area (Å²) in [5, 5.41) is 9.88. The highest BCUT2D eigenvalue weighted by Gasteiger charge is 2.32. The lowest BCUT2D eigenvalue weighted by Crippen LogP contribution is -2.25. The molecule has 0 spiro atoms. The number of sulfone groups is 1. The molecule has 2 amide bonds. The van der Waals surface area contributed by atoms with E-state index in [1.807, 2.05) is 13.8 Å². The maximum Gasteiger partial charge on any atom is 0.276 e. The first-order valence-electron chi connectivity index (χ1n) is 9.40. The molecule has 9 nitrogen and oxygen atoms in total. The third-order valence-corrected chi connectivity index (χ3v) is 6.76. The van der Waals surface area contributed by atoms with Crippen molar-refractivity contribution in [3.05, 3.63) is 35.7 Å². The van der Waals surface area contributed by atoms with Gasteiger partial charge < -0.3 is 15.4 Å². The molecule has 1 atom stereocenters. The Labute approximate surface area is 168 Å². The normalized spacial score (nSPS) is 20.1. The van der Waals surface area contributed by atoms with Crippen LogP contribution in [-0.4, -0.2) is 48.1 Å². The first-order valence-corrected chi connectivity index (χ1v) is 11.2. The van der Waals surface area contributed by atoms with Crippen LogP contribution in [0.1, 0.15) is 48.4 Å². The molecule has 29 heavy (non-hydrogen) atoms. The summed E-state index contributed by atoms with van der Waals surface area (Å²) in [5.41, 5.74) is 2.02. The Kier molecular flexibility index (Phi) is 4.81. The van der Waals surface area contributed by atoms with Gasteiger partial charge >= 0.3 is 0 Å². The van der Waals surface area contributed by atoms with Gasteiger partial charge in [0.2, 0.25) is 0 Å². The number of anilines is 2. The van der Waals surface area contributed by atoms with Gasteiger partial charge in [0.15, 0.2) is 22.1 Å². The molecule has 4 rings (SSSR count). The topological polar surface area (TPSA) is 119 Å². The summed E-state index contributed by atoms with van der Waals surface area (Å²) >= 11 is 0. The lowest BCUT2D eigenvalue weighted by atomic mass is 10.1. The average Bonchev–Trinajstić information content (AvgIpc) is 3.25. The first kappa shape index (κ1) is 19.4. The van der Waals surface area contributed by atoms with Crippen molar-refractivity contribution in [2.45, 2.75) is 32.2 Å². The second kappa shape index (κ2) is 7.18. The lowest BCUT2D eigenvalue weighted by molar-refractivity contribution is -0.118. The molecule has 0 bridgehead atoms. The van der Waals surface area contributed by atoms with Crippen molar-refractivity contribution in [2.75, 3.05) is 28.7 Å². The Balaban J connectivity index is 1.57. The standard InChI is InChI=1S/C19H22N4O5S/c1-11(2)16-8-15(22-23(16)13-5-6-29(26,27)10-13)19(25)20-12-3-4-17-14(7-12)21-18(24)9-28-17/h3-4,7-8,11,13H,5-6,9-10H2,1-2H3,(H,20,25)(H,21,24). The van der Waals surface area contributed by atoms with Crippen LogP contribution < -0.4 is 15.4 Å². The van der Waals surface area contributed by atoms with Crippen molar-refractivity contribution < 1.29 is 22.7 Å². The van der Waals surface area contributed by atoms with Crippen molar-refractivity contribution in [3.63, 3.8) is 0 Å². The van der Waals surface area contributed by atoms with Gasteiger partial charge in [-0.15, -0.1) is 0 Å². The fourth-order valence-corrected chi connectivity index (χ4v) is 5.26. The molecule has 2 aromatic rings. The van der Waals surface area contributed by atoms with Gasteiger partial charge in [0.25, 0.3) is 11.8 Å². The molecule has 2 aliphatic rings. The van der Waals surface area contributed by atoms with E-state index in [9.17, 15) is 18.0 Å². The smallest absolute Gasteiger partial charge is 0.276 e. The molecular weight excluding hydrogens is 396 g/mol. The van der Waals surface area contributed by atoms with E-state index < -0.39 is 15.7 Å². The van der Waals surface area contributed by atoms with Crippen molar-refractivity contribution in [3.8, 4) is 5.75 Å². The average molecular weight is 418 g/mol. The van der Waals surface area contributed by atoms with Crippen LogP contribution >= 0.6 is 0 Å². The first-order chi connectivity index (χ1) is 13.7. The molecule has 1 fully saturated rings. The number of carbonyl (C=O) groups excluding carboxylic acids is 2.